The summed E-state index contributed by atoms with van der Waals surface area (Å²) in [7, 11) is -1.87. The van der Waals surface area contributed by atoms with Crippen LogP contribution in [0.25, 0.3) is 0 Å². The summed E-state index contributed by atoms with van der Waals surface area (Å²) in [6.45, 7) is 15.2. The Balaban J connectivity index is 4.29. The molecule has 5 nitrogen and oxygen atoms in total. The number of hydrogen-bond donors (Lipinski definition) is 2. The second-order valence-corrected chi connectivity index (χ2v) is 10.8. The van der Waals surface area contributed by atoms with Gasteiger partial charge >= 0.3 is 6.09 Å². The van der Waals surface area contributed by atoms with Gasteiger partial charge in [0.05, 0.1) is 6.10 Å². The topological polar surface area (TPSA) is 73.6 Å². The second-order valence-electron chi connectivity index (χ2n) is 6.00. The van der Waals surface area contributed by atoms with Gasteiger partial charge in [-0.3, -0.25) is 0 Å². The van der Waals surface area contributed by atoms with E-state index in [0.717, 1.165) is 0 Å². The second kappa shape index (κ2) is 7.67. The largest absolute Gasteiger partial charge is 0.445 e. The standard InChI is InChI=1S/C13H28N2O3Si/c1-7-8-17-12(16)15-10-11(9-14)18-19(5,6)13(2,3)4/h7,11H,1,8-10,14H2,2-6H3,(H,15,16). The van der Waals surface area contributed by atoms with E-state index in [4.69, 9.17) is 14.9 Å². The highest BCUT2D eigenvalue weighted by Gasteiger charge is 2.38. The van der Waals surface area contributed by atoms with Crippen molar-refractivity contribution in [2.45, 2.75) is 45.0 Å². The van der Waals surface area contributed by atoms with E-state index < -0.39 is 14.4 Å². The first kappa shape index (κ1) is 18.1. The molecular weight excluding hydrogens is 260 g/mol. The highest BCUT2D eigenvalue weighted by atomic mass is 28.4. The third-order valence-corrected chi connectivity index (χ3v) is 7.87. The van der Waals surface area contributed by atoms with Crippen LogP contribution in [0.1, 0.15) is 20.8 Å². The lowest BCUT2D eigenvalue weighted by Crippen LogP contribution is -2.49. The fourth-order valence-corrected chi connectivity index (χ4v) is 2.52. The van der Waals surface area contributed by atoms with E-state index in [1.807, 2.05) is 0 Å². The predicted molar refractivity (Wildman–Crippen MR) is 80.7 cm³/mol. The van der Waals surface area contributed by atoms with Gasteiger partial charge in [-0.2, -0.15) is 0 Å². The van der Waals surface area contributed by atoms with Crippen molar-refractivity contribution in [3.05, 3.63) is 12.7 Å². The summed E-state index contributed by atoms with van der Waals surface area (Å²) >= 11 is 0. The number of rotatable bonds is 7. The zero-order valence-corrected chi connectivity index (χ0v) is 13.8. The molecule has 0 aromatic carbocycles. The van der Waals surface area contributed by atoms with Crippen LogP contribution in [-0.4, -0.2) is 40.2 Å². The molecule has 0 saturated heterocycles. The minimum atomic E-state index is -1.87. The molecule has 1 unspecified atom stereocenters. The van der Waals surface area contributed by atoms with E-state index in [0.29, 0.717) is 13.1 Å². The highest BCUT2D eigenvalue weighted by Crippen LogP contribution is 2.37. The summed E-state index contributed by atoms with van der Waals surface area (Å²) in [5.74, 6) is 0. The van der Waals surface area contributed by atoms with E-state index in [1.165, 1.54) is 6.08 Å². The van der Waals surface area contributed by atoms with Crippen LogP contribution in [0.15, 0.2) is 12.7 Å². The molecule has 1 atom stereocenters. The van der Waals surface area contributed by atoms with Crippen molar-refractivity contribution in [1.29, 1.82) is 0 Å². The molecule has 0 rings (SSSR count). The molecule has 3 N–H and O–H groups in total. The van der Waals surface area contributed by atoms with Crippen molar-refractivity contribution in [2.24, 2.45) is 5.73 Å². The van der Waals surface area contributed by atoms with Gasteiger partial charge in [-0.1, -0.05) is 33.4 Å². The van der Waals surface area contributed by atoms with E-state index in [9.17, 15) is 4.79 Å². The number of alkyl carbamates (subject to hydrolysis) is 1. The van der Waals surface area contributed by atoms with Crippen LogP contribution in [0.2, 0.25) is 18.1 Å². The highest BCUT2D eigenvalue weighted by molar-refractivity contribution is 6.74. The molecule has 0 fully saturated rings. The molecule has 0 aliphatic heterocycles. The lowest BCUT2D eigenvalue weighted by atomic mass is 10.2. The maximum Gasteiger partial charge on any atom is 0.407 e. The average molecular weight is 288 g/mol. The average Bonchev–Trinajstić information content (AvgIpc) is 2.30. The van der Waals surface area contributed by atoms with Gasteiger partial charge in [0, 0.05) is 13.1 Å². The number of hydrogen-bond acceptors (Lipinski definition) is 4. The normalized spacial score (nSPS) is 13.8. The molecule has 0 aliphatic rings. The lowest BCUT2D eigenvalue weighted by molar-refractivity contribution is 0.143. The van der Waals surface area contributed by atoms with Crippen LogP contribution in [0.3, 0.4) is 0 Å². The molecule has 0 spiro atoms. The molecule has 112 valence electrons. The quantitative estimate of drug-likeness (QED) is 0.556. The summed E-state index contributed by atoms with van der Waals surface area (Å²) in [5.41, 5.74) is 5.70. The van der Waals surface area contributed by atoms with Gasteiger partial charge in [0.1, 0.15) is 6.61 Å². The summed E-state index contributed by atoms with van der Waals surface area (Å²) in [4.78, 5) is 11.3. The van der Waals surface area contributed by atoms with Crippen molar-refractivity contribution in [1.82, 2.24) is 5.32 Å². The third kappa shape index (κ3) is 6.75. The number of ether oxygens (including phenoxy) is 1. The smallest absolute Gasteiger partial charge is 0.407 e. The van der Waals surface area contributed by atoms with Crippen LogP contribution >= 0.6 is 0 Å². The molecule has 19 heavy (non-hydrogen) atoms. The molecule has 0 aromatic rings. The van der Waals surface area contributed by atoms with E-state index in [1.54, 1.807) is 0 Å². The summed E-state index contributed by atoms with van der Waals surface area (Å²) < 4.78 is 11.0. The SMILES string of the molecule is C=CCOC(=O)NCC(CN)O[Si](C)(C)C(C)(C)C. The summed E-state index contributed by atoms with van der Waals surface area (Å²) in [6, 6.07) is 0. The van der Waals surface area contributed by atoms with Crippen LogP contribution in [0.5, 0.6) is 0 Å². The van der Waals surface area contributed by atoms with Crippen LogP contribution in [-0.2, 0) is 9.16 Å². The fourth-order valence-electron chi connectivity index (χ4n) is 1.15. The Morgan fingerprint density at radius 3 is 2.47 bits per heavy atom. The van der Waals surface area contributed by atoms with Crippen LogP contribution in [0, 0.1) is 0 Å². The molecular formula is C13H28N2O3Si. The number of amides is 1. The monoisotopic (exact) mass is 288 g/mol. The first-order valence-corrected chi connectivity index (χ1v) is 9.44. The van der Waals surface area contributed by atoms with Gasteiger partial charge in [-0.25, -0.2) is 4.79 Å². The minimum Gasteiger partial charge on any atom is -0.445 e. The van der Waals surface area contributed by atoms with Crippen LogP contribution < -0.4 is 11.1 Å². The Hall–Kier alpha value is -0.853. The molecule has 0 aliphatic carbocycles. The fraction of sp³-hybridized carbons (Fsp3) is 0.769. The summed E-state index contributed by atoms with van der Waals surface area (Å²) in [6.07, 6.45) is 0.862. The molecule has 0 bridgehead atoms. The van der Waals surface area contributed by atoms with Gasteiger partial charge in [-0.05, 0) is 18.1 Å². The number of carbonyl (C=O) groups is 1. The Kier molecular flexibility index (Phi) is 7.32. The maximum absolute atomic E-state index is 11.3. The molecule has 0 saturated carbocycles. The van der Waals surface area contributed by atoms with E-state index in [2.05, 4.69) is 45.8 Å². The zero-order chi connectivity index (χ0) is 15.1. The first-order valence-electron chi connectivity index (χ1n) is 6.53. The van der Waals surface area contributed by atoms with Crippen molar-refractivity contribution < 1.29 is 14.0 Å². The molecule has 6 heteroatoms. The first-order chi connectivity index (χ1) is 8.64. The predicted octanol–water partition coefficient (Wildman–Crippen LogP) is 2.25. The Bertz CT molecular complexity index is 301. The maximum atomic E-state index is 11.3. The molecule has 0 aromatic heterocycles. The Morgan fingerprint density at radius 2 is 2.05 bits per heavy atom. The van der Waals surface area contributed by atoms with Crippen molar-refractivity contribution in [3.63, 3.8) is 0 Å². The van der Waals surface area contributed by atoms with Gasteiger partial charge in [0.2, 0.25) is 0 Å². The van der Waals surface area contributed by atoms with Crippen LogP contribution in [0.4, 0.5) is 4.79 Å². The lowest BCUT2D eigenvalue weighted by Gasteiger charge is -2.39. The van der Waals surface area contributed by atoms with Crippen molar-refractivity contribution in [3.8, 4) is 0 Å². The van der Waals surface area contributed by atoms with E-state index >= 15 is 0 Å². The van der Waals surface area contributed by atoms with Gasteiger partial charge in [0.25, 0.3) is 0 Å². The Labute approximate surface area is 117 Å². The van der Waals surface area contributed by atoms with Gasteiger partial charge in [-0.15, -0.1) is 0 Å². The van der Waals surface area contributed by atoms with Crippen molar-refractivity contribution in [2.75, 3.05) is 19.7 Å². The van der Waals surface area contributed by atoms with Crippen molar-refractivity contribution >= 4 is 14.4 Å². The molecule has 0 radical (unpaired) electrons. The summed E-state index contributed by atoms with van der Waals surface area (Å²) in [5, 5.41) is 2.77. The number of carbonyl (C=O) groups excluding carboxylic acids is 1. The molecule has 1 amide bonds. The van der Waals surface area contributed by atoms with Gasteiger partial charge < -0.3 is 20.2 Å². The van der Waals surface area contributed by atoms with Gasteiger partial charge in [0.15, 0.2) is 8.32 Å². The molecule has 0 heterocycles. The third-order valence-electron chi connectivity index (χ3n) is 3.34. The van der Waals surface area contributed by atoms with E-state index in [-0.39, 0.29) is 17.7 Å². The zero-order valence-electron chi connectivity index (χ0n) is 12.8. The number of nitrogens with two attached hydrogens (primary N) is 1. The Morgan fingerprint density at radius 1 is 1.47 bits per heavy atom. The minimum absolute atomic E-state index is 0.115. The number of nitrogens with one attached hydrogen (secondary N) is 1.